The maximum Gasteiger partial charge on any atom is 0.214 e. The van der Waals surface area contributed by atoms with Crippen molar-refractivity contribution in [3.8, 4) is 6.07 Å². The van der Waals surface area contributed by atoms with Crippen molar-refractivity contribution in [3.05, 3.63) is 29.8 Å². The Morgan fingerprint density at radius 3 is 2.92 bits per heavy atom. The van der Waals surface area contributed by atoms with Crippen LogP contribution in [0.25, 0.3) is 0 Å². The molecule has 0 radical (unpaired) electrons. The van der Waals surface area contributed by atoms with Crippen LogP contribution >= 0.6 is 0 Å². The molecule has 3 rings (SSSR count). The van der Waals surface area contributed by atoms with Gasteiger partial charge in [-0.05, 0) is 38.0 Å². The van der Waals surface area contributed by atoms with Crippen LogP contribution in [-0.4, -0.2) is 56.9 Å². The molecule has 7 heteroatoms. The van der Waals surface area contributed by atoms with Crippen molar-refractivity contribution >= 4 is 15.7 Å². The van der Waals surface area contributed by atoms with Gasteiger partial charge in [0.25, 0.3) is 0 Å². The average molecular weight is 349 g/mol. The minimum Gasteiger partial charge on any atom is -0.370 e. The Morgan fingerprint density at radius 2 is 2.17 bits per heavy atom. The quantitative estimate of drug-likeness (QED) is 0.828. The summed E-state index contributed by atoms with van der Waals surface area (Å²) >= 11 is 0. The van der Waals surface area contributed by atoms with Crippen LogP contribution in [0.3, 0.4) is 0 Å². The van der Waals surface area contributed by atoms with Crippen LogP contribution in [0.2, 0.25) is 0 Å². The molecular formula is C17H23N3O3S. The molecule has 0 saturated carbocycles. The number of nitrogens with zero attached hydrogens (tertiary/aromatic N) is 3. The van der Waals surface area contributed by atoms with Gasteiger partial charge in [0, 0.05) is 31.9 Å². The third-order valence-electron chi connectivity index (χ3n) is 4.85. The van der Waals surface area contributed by atoms with E-state index in [0.29, 0.717) is 31.8 Å². The lowest BCUT2D eigenvalue weighted by molar-refractivity contribution is -0.0949. The number of sulfonamides is 1. The van der Waals surface area contributed by atoms with Crippen LogP contribution in [0.4, 0.5) is 5.69 Å². The van der Waals surface area contributed by atoms with Gasteiger partial charge in [0.1, 0.15) is 0 Å². The zero-order valence-electron chi connectivity index (χ0n) is 13.9. The average Bonchev–Trinajstić information content (AvgIpc) is 2.62. The number of benzene rings is 1. The topological polar surface area (TPSA) is 73.6 Å². The lowest BCUT2D eigenvalue weighted by atomic mass is 9.91. The molecule has 1 aromatic rings. The molecule has 2 saturated heterocycles. The van der Waals surface area contributed by atoms with E-state index >= 15 is 0 Å². The number of ether oxygens (including phenoxy) is 1. The van der Waals surface area contributed by atoms with E-state index in [1.54, 1.807) is 17.3 Å². The van der Waals surface area contributed by atoms with Gasteiger partial charge in [0.05, 0.1) is 29.6 Å². The molecule has 2 heterocycles. The minimum absolute atomic E-state index is 0.122. The number of piperidine rings is 1. The predicted octanol–water partition coefficient (Wildman–Crippen LogP) is 1.58. The normalized spacial score (nSPS) is 25.6. The smallest absolute Gasteiger partial charge is 0.214 e. The van der Waals surface area contributed by atoms with Crippen LogP contribution < -0.4 is 4.90 Å². The summed E-state index contributed by atoms with van der Waals surface area (Å²) in [6.07, 6.45) is 1.80. The van der Waals surface area contributed by atoms with Crippen LogP contribution in [-0.2, 0) is 14.8 Å². The van der Waals surface area contributed by atoms with E-state index in [4.69, 9.17) is 10.00 Å². The Hall–Kier alpha value is -1.62. The third-order valence-corrected chi connectivity index (χ3v) is 6.68. The Balaban J connectivity index is 1.80. The summed E-state index contributed by atoms with van der Waals surface area (Å²) < 4.78 is 32.1. The molecule has 1 atom stereocenters. The van der Waals surface area contributed by atoms with Crippen molar-refractivity contribution in [1.82, 2.24) is 4.31 Å². The molecule has 0 aromatic heterocycles. The lowest BCUT2D eigenvalue weighted by Crippen LogP contribution is -2.61. The SMILES string of the molecule is CCS(=O)(=O)N1CCOC2(CCCN(c3cccc(C#N)c3)C2)C1. The number of nitriles is 1. The van der Waals surface area contributed by atoms with Crippen LogP contribution in [0.1, 0.15) is 25.3 Å². The van der Waals surface area contributed by atoms with E-state index in [1.807, 2.05) is 18.2 Å². The van der Waals surface area contributed by atoms with Crippen LogP contribution in [0.5, 0.6) is 0 Å². The van der Waals surface area contributed by atoms with Gasteiger partial charge in [0.2, 0.25) is 10.0 Å². The van der Waals surface area contributed by atoms with Crippen molar-refractivity contribution in [2.24, 2.45) is 0 Å². The van der Waals surface area contributed by atoms with Gasteiger partial charge in [-0.3, -0.25) is 0 Å². The fourth-order valence-corrected chi connectivity index (χ4v) is 4.72. The fraction of sp³-hybridized carbons (Fsp3) is 0.588. The number of morpholine rings is 1. The summed E-state index contributed by atoms with van der Waals surface area (Å²) in [7, 11) is -3.20. The molecule has 2 aliphatic heterocycles. The van der Waals surface area contributed by atoms with E-state index in [2.05, 4.69) is 11.0 Å². The second-order valence-corrected chi connectivity index (χ2v) is 8.71. The molecule has 0 bridgehead atoms. The summed E-state index contributed by atoms with van der Waals surface area (Å²) in [6.45, 7) is 4.50. The number of rotatable bonds is 3. The predicted molar refractivity (Wildman–Crippen MR) is 92.3 cm³/mol. The first-order valence-corrected chi connectivity index (χ1v) is 9.96. The summed E-state index contributed by atoms with van der Waals surface area (Å²) in [4.78, 5) is 2.20. The molecule has 130 valence electrons. The van der Waals surface area contributed by atoms with Gasteiger partial charge < -0.3 is 9.64 Å². The van der Waals surface area contributed by atoms with E-state index < -0.39 is 15.6 Å². The monoisotopic (exact) mass is 349 g/mol. The van der Waals surface area contributed by atoms with Crippen molar-refractivity contribution in [3.63, 3.8) is 0 Å². The minimum atomic E-state index is -3.20. The molecule has 0 N–H and O–H groups in total. The van der Waals surface area contributed by atoms with Crippen molar-refractivity contribution in [2.45, 2.75) is 25.4 Å². The molecule has 1 spiro atoms. The lowest BCUT2D eigenvalue weighted by Gasteiger charge is -2.48. The molecule has 6 nitrogen and oxygen atoms in total. The maximum absolute atomic E-state index is 12.2. The summed E-state index contributed by atoms with van der Waals surface area (Å²) in [5.41, 5.74) is 1.17. The highest BCUT2D eigenvalue weighted by molar-refractivity contribution is 7.89. The van der Waals surface area contributed by atoms with Crippen LogP contribution in [0, 0.1) is 11.3 Å². The Morgan fingerprint density at radius 1 is 1.33 bits per heavy atom. The van der Waals surface area contributed by atoms with E-state index in [0.717, 1.165) is 25.1 Å². The largest absolute Gasteiger partial charge is 0.370 e. The highest BCUT2D eigenvalue weighted by Crippen LogP contribution is 2.32. The van der Waals surface area contributed by atoms with Crippen molar-refractivity contribution in [1.29, 1.82) is 5.26 Å². The molecule has 1 aromatic carbocycles. The first-order chi connectivity index (χ1) is 11.5. The van der Waals surface area contributed by atoms with Gasteiger partial charge in [-0.25, -0.2) is 8.42 Å². The Bertz CT molecular complexity index is 740. The third kappa shape index (κ3) is 3.41. The number of hydrogen-bond acceptors (Lipinski definition) is 5. The number of anilines is 1. The Labute approximate surface area is 143 Å². The number of hydrogen-bond donors (Lipinski definition) is 0. The van der Waals surface area contributed by atoms with Gasteiger partial charge in [-0.1, -0.05) is 6.07 Å². The molecular weight excluding hydrogens is 326 g/mol. The highest BCUT2D eigenvalue weighted by atomic mass is 32.2. The van der Waals surface area contributed by atoms with Gasteiger partial charge >= 0.3 is 0 Å². The summed E-state index contributed by atoms with van der Waals surface area (Å²) in [5, 5.41) is 9.09. The summed E-state index contributed by atoms with van der Waals surface area (Å²) in [6, 6.07) is 9.70. The Kier molecular flexibility index (Phi) is 4.81. The molecule has 2 fully saturated rings. The summed E-state index contributed by atoms with van der Waals surface area (Å²) in [5.74, 6) is 0.122. The van der Waals surface area contributed by atoms with E-state index in [-0.39, 0.29) is 5.75 Å². The standard InChI is InChI=1S/C17H23N3O3S/c1-2-24(21,22)20-9-10-23-17(14-20)7-4-8-19(13-17)16-6-3-5-15(11-16)12-18/h3,5-6,11H,2,4,7-10,13-14H2,1H3. The van der Waals surface area contributed by atoms with Gasteiger partial charge in [-0.15, -0.1) is 0 Å². The zero-order chi connectivity index (χ0) is 17.2. The fourth-order valence-electron chi connectivity index (χ4n) is 3.57. The maximum atomic E-state index is 12.2. The van der Waals surface area contributed by atoms with Crippen molar-refractivity contribution < 1.29 is 13.2 Å². The molecule has 0 aliphatic carbocycles. The molecule has 2 aliphatic rings. The second-order valence-electron chi connectivity index (χ2n) is 6.45. The van der Waals surface area contributed by atoms with Gasteiger partial charge in [-0.2, -0.15) is 9.57 Å². The second kappa shape index (κ2) is 6.71. The van der Waals surface area contributed by atoms with E-state index in [9.17, 15) is 8.42 Å². The zero-order valence-corrected chi connectivity index (χ0v) is 14.8. The van der Waals surface area contributed by atoms with Crippen LogP contribution in [0.15, 0.2) is 24.3 Å². The van der Waals surface area contributed by atoms with Gasteiger partial charge in [0.15, 0.2) is 0 Å². The molecule has 1 unspecified atom stereocenters. The highest BCUT2D eigenvalue weighted by Gasteiger charge is 2.43. The molecule has 24 heavy (non-hydrogen) atoms. The van der Waals surface area contributed by atoms with Crippen molar-refractivity contribution in [2.75, 3.05) is 43.4 Å². The van der Waals surface area contributed by atoms with E-state index in [1.165, 1.54) is 0 Å². The molecule has 0 amide bonds. The first-order valence-electron chi connectivity index (χ1n) is 8.35. The first kappa shape index (κ1) is 17.2.